The predicted octanol–water partition coefficient (Wildman–Crippen LogP) is 0.763. The van der Waals surface area contributed by atoms with Gasteiger partial charge in [-0.25, -0.2) is 14.6 Å². The van der Waals surface area contributed by atoms with Crippen LogP contribution in [0.4, 0.5) is 5.13 Å². The third-order valence-electron chi connectivity index (χ3n) is 9.41. The van der Waals surface area contributed by atoms with Gasteiger partial charge >= 0.3 is 11.9 Å². The molecule has 5 aliphatic rings. The number of quaternary nitrogens is 1. The SMILES string of the molecule is Nc1nc(/C(=N/O[C@@H](CNC(=O)c2ccc(O)c(O)c2Cl)C(=O)O)C(=O)N[C@@H]2C(=O)N3C(C(=O)O)=C(C[N+]45CCC(CC4)CC5)CS[C@H]23)cs1. The predicted molar refractivity (Wildman–Crippen MR) is 179 cm³/mol. The fourth-order valence-electron chi connectivity index (χ4n) is 6.69. The summed E-state index contributed by atoms with van der Waals surface area (Å²) in [4.78, 5) is 74.4. The number of benzene rings is 1. The second kappa shape index (κ2) is 14.0. The molecule has 0 unspecified atom stereocenters. The summed E-state index contributed by atoms with van der Waals surface area (Å²) in [6, 6.07) is 1.01. The summed E-state index contributed by atoms with van der Waals surface area (Å²) < 4.78 is 0.821. The summed E-state index contributed by atoms with van der Waals surface area (Å²) in [5.74, 6) is -5.47. The number of fused-ring (bicyclic) bond motifs is 4. The number of nitrogen functional groups attached to an aromatic ring is 1. The number of carboxylic acid groups (broad SMARTS) is 2. The van der Waals surface area contributed by atoms with Crippen LogP contribution in [-0.2, 0) is 24.0 Å². The number of oxime groups is 1. The number of rotatable bonds is 12. The Morgan fingerprint density at radius 2 is 1.86 bits per heavy atom. The summed E-state index contributed by atoms with van der Waals surface area (Å²) in [6.45, 7) is 2.84. The molecule has 0 aliphatic carbocycles. The number of nitrogens with two attached hydrogens (primary N) is 1. The highest BCUT2D eigenvalue weighted by atomic mass is 35.5. The lowest BCUT2D eigenvalue weighted by atomic mass is 9.85. The van der Waals surface area contributed by atoms with Gasteiger partial charge in [0, 0.05) is 16.7 Å². The fraction of sp³-hybridized carbons (Fsp3) is 0.433. The van der Waals surface area contributed by atoms with Crippen LogP contribution in [0.2, 0.25) is 5.02 Å². The summed E-state index contributed by atoms with van der Waals surface area (Å²) in [5, 5.41) is 48.1. The normalized spacial score (nSPS) is 25.0. The van der Waals surface area contributed by atoms with Gasteiger partial charge in [-0.3, -0.25) is 19.3 Å². The Morgan fingerprint density at radius 3 is 2.48 bits per heavy atom. The van der Waals surface area contributed by atoms with E-state index in [4.69, 9.17) is 22.2 Å². The van der Waals surface area contributed by atoms with Crippen LogP contribution in [0.1, 0.15) is 35.3 Å². The van der Waals surface area contributed by atoms with Crippen molar-refractivity contribution in [2.75, 3.05) is 44.2 Å². The molecule has 8 N–H and O–H groups in total. The van der Waals surface area contributed by atoms with Gasteiger partial charge < -0.3 is 46.1 Å². The quantitative estimate of drug-likeness (QED) is 0.0521. The van der Waals surface area contributed by atoms with Crippen LogP contribution >= 0.6 is 34.7 Å². The molecule has 4 fully saturated rings. The molecule has 7 rings (SSSR count). The Kier molecular flexibility index (Phi) is 9.84. The Hall–Kier alpha value is -4.59. The number of halogens is 1. The lowest BCUT2D eigenvalue weighted by molar-refractivity contribution is -0.938. The van der Waals surface area contributed by atoms with Crippen LogP contribution in [-0.4, -0.2) is 126 Å². The number of nitrogens with zero attached hydrogens (tertiary/aromatic N) is 4. The first-order valence-electron chi connectivity index (χ1n) is 15.5. The summed E-state index contributed by atoms with van der Waals surface area (Å²) in [7, 11) is 0. The Labute approximate surface area is 297 Å². The number of β-lactam (4-membered cyclic amide) rings is 1. The Bertz CT molecular complexity index is 1810. The number of anilines is 1. The van der Waals surface area contributed by atoms with Gasteiger partial charge in [0.15, 0.2) is 22.3 Å². The maximum atomic E-state index is 13.5. The number of thioether (sulfide) groups is 1. The highest BCUT2D eigenvalue weighted by Crippen LogP contribution is 2.43. The number of hydrogen-bond donors (Lipinski definition) is 7. The van der Waals surface area contributed by atoms with Crippen LogP contribution in [0.25, 0.3) is 0 Å². The molecule has 266 valence electrons. The molecule has 1 aromatic carbocycles. The molecule has 0 radical (unpaired) electrons. The average molecular weight is 751 g/mol. The van der Waals surface area contributed by atoms with Crippen molar-refractivity contribution in [1.29, 1.82) is 0 Å². The molecule has 2 bridgehead atoms. The highest BCUT2D eigenvalue weighted by Gasteiger charge is 2.55. The summed E-state index contributed by atoms with van der Waals surface area (Å²) >= 11 is 8.22. The van der Waals surface area contributed by atoms with E-state index >= 15 is 0 Å². The lowest BCUT2D eigenvalue weighted by Gasteiger charge is -2.52. The van der Waals surface area contributed by atoms with Crippen molar-refractivity contribution in [2.45, 2.75) is 36.8 Å². The van der Waals surface area contributed by atoms with Gasteiger partial charge in [0.05, 0.1) is 36.8 Å². The number of amides is 3. The number of piperidine rings is 3. The van der Waals surface area contributed by atoms with Crippen molar-refractivity contribution in [2.24, 2.45) is 11.1 Å². The third-order valence-corrected chi connectivity index (χ3v) is 11.8. The van der Waals surface area contributed by atoms with E-state index in [2.05, 4.69) is 20.8 Å². The van der Waals surface area contributed by atoms with Gasteiger partial charge in [-0.15, -0.1) is 23.1 Å². The average Bonchev–Trinajstić information content (AvgIpc) is 3.53. The fourth-order valence-corrected chi connectivity index (χ4v) is 8.82. The third kappa shape index (κ3) is 6.77. The lowest BCUT2D eigenvalue weighted by Crippen LogP contribution is -2.71. The molecule has 2 aromatic rings. The van der Waals surface area contributed by atoms with Crippen molar-refractivity contribution < 1.29 is 53.7 Å². The number of phenolic OH excluding ortho intramolecular Hbond substituents is 2. The van der Waals surface area contributed by atoms with Gasteiger partial charge in [-0.2, -0.15) is 0 Å². The molecule has 50 heavy (non-hydrogen) atoms. The van der Waals surface area contributed by atoms with Crippen LogP contribution in [0.15, 0.2) is 33.9 Å². The maximum absolute atomic E-state index is 13.5. The van der Waals surface area contributed by atoms with E-state index in [1.807, 2.05) is 0 Å². The van der Waals surface area contributed by atoms with Gasteiger partial charge in [-0.1, -0.05) is 16.8 Å². The molecule has 0 spiro atoms. The number of hydrogen-bond acceptors (Lipinski definition) is 13. The molecule has 3 atom stereocenters. The topological polar surface area (TPSA) is 254 Å². The second-order valence-electron chi connectivity index (χ2n) is 12.5. The molecule has 1 aromatic heterocycles. The van der Waals surface area contributed by atoms with Gasteiger partial charge in [0.25, 0.3) is 17.7 Å². The van der Waals surface area contributed by atoms with E-state index < -0.39 is 76.0 Å². The van der Waals surface area contributed by atoms with Gasteiger partial charge in [-0.05, 0) is 37.3 Å². The number of carbonyl (C=O) groups is 5. The largest absolute Gasteiger partial charge is 0.504 e. The van der Waals surface area contributed by atoms with Crippen molar-refractivity contribution >= 4 is 75.2 Å². The standard InChI is InChI=1S/C30H32ClN7O10S2/c31-19-15(1-2-17(39)23(19)40)24(41)33-9-18(28(44)45)48-36-20(16-12-50-30(32)34-16)25(42)35-21-26(43)37-22(29(46)47)14(11-49-27(21)37)10-38-6-3-13(4-7-38)5-8-38/h1-2,12-13,18,21,27H,3-11H2,(H7-,32,33,34,35,36,39,40,41,42,44,45,46,47)/p+1/t13?,18-,21+,27+,38?/m0/s1. The Morgan fingerprint density at radius 1 is 1.16 bits per heavy atom. The number of thiazole rings is 1. The number of aromatic nitrogens is 1. The molecule has 6 heterocycles. The number of aliphatic carboxylic acids is 2. The molecule has 5 aliphatic heterocycles. The van der Waals surface area contributed by atoms with Gasteiger partial charge in [0.1, 0.15) is 29.4 Å². The zero-order valence-corrected chi connectivity index (χ0v) is 28.6. The van der Waals surface area contributed by atoms with E-state index in [9.17, 15) is 44.4 Å². The minimum Gasteiger partial charge on any atom is -0.504 e. The zero-order chi connectivity index (χ0) is 35.9. The number of nitrogens with one attached hydrogen (secondary N) is 2. The molecule has 0 saturated carbocycles. The van der Waals surface area contributed by atoms with E-state index in [0.29, 0.717) is 17.9 Å². The van der Waals surface area contributed by atoms with Gasteiger partial charge in [0.2, 0.25) is 6.10 Å². The second-order valence-corrected chi connectivity index (χ2v) is 14.8. The van der Waals surface area contributed by atoms with E-state index in [0.717, 1.165) is 72.8 Å². The van der Waals surface area contributed by atoms with Crippen LogP contribution in [0.5, 0.6) is 11.5 Å². The molecule has 20 heteroatoms. The summed E-state index contributed by atoms with van der Waals surface area (Å²) in [6.07, 6.45) is 1.50. The minimum atomic E-state index is -1.84. The van der Waals surface area contributed by atoms with Crippen molar-refractivity contribution in [1.82, 2.24) is 20.5 Å². The minimum absolute atomic E-state index is 0.0518. The molecular formula is C30H33ClN7O10S2+. The van der Waals surface area contributed by atoms with E-state index in [1.54, 1.807) is 0 Å². The number of carbonyl (C=O) groups excluding carboxylic acids is 3. The van der Waals surface area contributed by atoms with Crippen LogP contribution in [0, 0.1) is 5.92 Å². The van der Waals surface area contributed by atoms with Crippen molar-refractivity contribution in [3.8, 4) is 11.5 Å². The molecule has 4 saturated heterocycles. The molecule has 17 nitrogen and oxygen atoms in total. The number of carboxylic acids is 2. The van der Waals surface area contributed by atoms with E-state index in [-0.39, 0.29) is 22.1 Å². The van der Waals surface area contributed by atoms with Crippen LogP contribution in [0.3, 0.4) is 0 Å². The first kappa shape index (κ1) is 35.2. The zero-order valence-electron chi connectivity index (χ0n) is 26.2. The molecular weight excluding hydrogens is 718 g/mol. The highest BCUT2D eigenvalue weighted by molar-refractivity contribution is 8.00. The van der Waals surface area contributed by atoms with Crippen LogP contribution < -0.4 is 16.4 Å². The smallest absolute Gasteiger partial charge is 0.352 e. The maximum Gasteiger partial charge on any atom is 0.352 e. The Balaban J connectivity index is 1.16. The van der Waals surface area contributed by atoms with E-state index in [1.165, 1.54) is 22.0 Å². The number of phenols is 2. The monoisotopic (exact) mass is 750 g/mol. The molecule has 3 amide bonds. The first-order chi connectivity index (χ1) is 23.8. The number of aromatic hydroxyl groups is 2. The van der Waals surface area contributed by atoms with Crippen molar-refractivity contribution in [3.05, 3.63) is 45.1 Å². The summed E-state index contributed by atoms with van der Waals surface area (Å²) in [5.41, 5.74) is 5.53. The first-order valence-corrected chi connectivity index (χ1v) is 17.8. The van der Waals surface area contributed by atoms with Crippen molar-refractivity contribution in [3.63, 3.8) is 0 Å².